The Labute approximate surface area is 270 Å². The largest absolute Gasteiger partial charge is 0.307 e. The van der Waals surface area contributed by atoms with E-state index in [1.54, 1.807) is 54.6 Å². The molecule has 0 aromatic heterocycles. The van der Waals surface area contributed by atoms with Crippen LogP contribution in [-0.2, 0) is 21.3 Å². The van der Waals surface area contributed by atoms with Gasteiger partial charge in [-0.15, -0.1) is 0 Å². The van der Waals surface area contributed by atoms with Crippen molar-refractivity contribution in [3.8, 4) is 0 Å². The second-order valence-electron chi connectivity index (χ2n) is 8.45. The van der Waals surface area contributed by atoms with E-state index in [-0.39, 0.29) is 50.4 Å². The molecule has 46 heavy (non-hydrogen) atoms. The number of carbonyl (C=O) groups is 1. The molecule has 5 aromatic rings. The van der Waals surface area contributed by atoms with E-state index in [4.69, 9.17) is 9.35 Å². The van der Waals surface area contributed by atoms with Gasteiger partial charge in [-0.3, -0.25) is 4.55 Å². The summed E-state index contributed by atoms with van der Waals surface area (Å²) in [4.78, 5) is 7.69. The summed E-state index contributed by atoms with van der Waals surface area (Å²) >= 11 is 0. The molecule has 0 radical (unpaired) electrons. The van der Waals surface area contributed by atoms with E-state index >= 15 is 0 Å². The molecule has 0 atom stereocenters. The Morgan fingerprint density at radius 2 is 0.783 bits per heavy atom. The zero-order valence-corrected chi connectivity index (χ0v) is 23.8. The third-order valence-electron chi connectivity index (χ3n) is 5.09. The van der Waals surface area contributed by atoms with Crippen molar-refractivity contribution in [2.75, 3.05) is 0 Å². The van der Waals surface area contributed by atoms with E-state index in [1.165, 1.54) is 48.5 Å². The van der Waals surface area contributed by atoms with Crippen LogP contribution in [0.3, 0.4) is 0 Å². The minimum Gasteiger partial charge on any atom is -0.307 e. The molecule has 0 bridgehead atoms. The fraction of sp³-hybridized carbons (Fsp3) is 0.139. The van der Waals surface area contributed by atoms with E-state index < -0.39 is 15.9 Å². The molecule has 0 amide bonds. The van der Waals surface area contributed by atoms with Crippen LogP contribution >= 0.6 is 0 Å². The predicted molar refractivity (Wildman–Crippen MR) is 177 cm³/mol. The molecule has 250 valence electrons. The molecule has 5 rings (SSSR count). The Morgan fingerprint density at radius 1 is 0.500 bits per heavy atom. The SMILES string of the molecule is C.C.C.C=O.Cc1ccc(F)cc1.Fc1ccc(Cc2ccc(F)cc2)cc1.Fc1ccccc1.O=S(=O)(O)c1ccc(F)cc1. The third-order valence-corrected chi connectivity index (χ3v) is 5.96. The number of hydrogen-bond acceptors (Lipinski definition) is 3. The number of hydrogen-bond donors (Lipinski definition) is 1. The van der Waals surface area contributed by atoms with E-state index in [1.807, 2.05) is 13.7 Å². The molecule has 0 saturated heterocycles. The lowest BCUT2D eigenvalue weighted by Crippen LogP contribution is -1.97. The molecular formula is C36H41F5O4S. The number of halogens is 5. The lowest BCUT2D eigenvalue weighted by atomic mass is 10.1. The minimum atomic E-state index is -4.19. The number of aryl methyl sites for hydroxylation is 1. The first-order valence-electron chi connectivity index (χ1n) is 12.4. The summed E-state index contributed by atoms with van der Waals surface area (Å²) in [6, 6.07) is 30.9. The van der Waals surface area contributed by atoms with Gasteiger partial charge in [0.1, 0.15) is 35.9 Å². The van der Waals surface area contributed by atoms with Crippen molar-refractivity contribution >= 4 is 16.9 Å². The van der Waals surface area contributed by atoms with Crippen LogP contribution in [0.25, 0.3) is 0 Å². The lowest BCUT2D eigenvalue weighted by molar-refractivity contribution is -0.0980. The summed E-state index contributed by atoms with van der Waals surface area (Å²) in [5, 5.41) is 0. The van der Waals surface area contributed by atoms with Crippen molar-refractivity contribution in [1.29, 1.82) is 0 Å². The van der Waals surface area contributed by atoms with Crippen molar-refractivity contribution in [2.24, 2.45) is 0 Å². The van der Waals surface area contributed by atoms with E-state index in [0.717, 1.165) is 41.0 Å². The summed E-state index contributed by atoms with van der Waals surface area (Å²) < 4.78 is 90.6. The van der Waals surface area contributed by atoms with E-state index in [0.29, 0.717) is 6.42 Å². The molecule has 1 N–H and O–H groups in total. The first kappa shape index (κ1) is 45.8. The van der Waals surface area contributed by atoms with Crippen molar-refractivity contribution in [2.45, 2.75) is 40.5 Å². The second kappa shape index (κ2) is 24.6. The fourth-order valence-electron chi connectivity index (χ4n) is 2.99. The number of rotatable bonds is 3. The molecule has 0 unspecified atom stereocenters. The van der Waals surface area contributed by atoms with Crippen LogP contribution in [-0.4, -0.2) is 19.8 Å². The highest BCUT2D eigenvalue weighted by Gasteiger charge is 2.07. The highest BCUT2D eigenvalue weighted by atomic mass is 32.2. The minimum absolute atomic E-state index is 0. The van der Waals surface area contributed by atoms with Gasteiger partial charge in [0.2, 0.25) is 0 Å². The molecule has 10 heteroatoms. The second-order valence-corrected chi connectivity index (χ2v) is 9.87. The van der Waals surface area contributed by atoms with Gasteiger partial charge >= 0.3 is 0 Å². The van der Waals surface area contributed by atoms with Crippen LogP contribution in [0.4, 0.5) is 22.0 Å². The van der Waals surface area contributed by atoms with Crippen molar-refractivity contribution < 1.29 is 39.7 Å². The Bertz CT molecular complexity index is 1500. The van der Waals surface area contributed by atoms with Gasteiger partial charge in [-0.1, -0.05) is 82.4 Å². The highest BCUT2D eigenvalue weighted by Crippen LogP contribution is 2.11. The molecule has 0 aliphatic carbocycles. The third kappa shape index (κ3) is 20.3. The maximum Gasteiger partial charge on any atom is 0.294 e. The Morgan fingerprint density at radius 3 is 1.04 bits per heavy atom. The van der Waals surface area contributed by atoms with Gasteiger partial charge in [-0.2, -0.15) is 8.42 Å². The van der Waals surface area contributed by atoms with Crippen LogP contribution in [0.2, 0.25) is 0 Å². The molecule has 0 aliphatic rings. The Balaban J connectivity index is -0.000000535. The fourth-order valence-corrected chi connectivity index (χ4v) is 3.47. The van der Waals surface area contributed by atoms with Crippen LogP contribution in [0.5, 0.6) is 0 Å². The van der Waals surface area contributed by atoms with E-state index in [2.05, 4.69) is 0 Å². The summed E-state index contributed by atoms with van der Waals surface area (Å²) in [5.74, 6) is -1.37. The van der Waals surface area contributed by atoms with Crippen molar-refractivity contribution in [3.05, 3.63) is 173 Å². The molecule has 0 aliphatic heterocycles. The maximum absolute atomic E-state index is 12.6. The molecule has 0 heterocycles. The summed E-state index contributed by atoms with van der Waals surface area (Å²) in [7, 11) is -4.19. The molecule has 5 aromatic carbocycles. The summed E-state index contributed by atoms with van der Waals surface area (Å²) in [6.07, 6.45) is 0.695. The van der Waals surface area contributed by atoms with Gasteiger partial charge in [0.15, 0.2) is 0 Å². The van der Waals surface area contributed by atoms with E-state index in [9.17, 15) is 30.4 Å². The van der Waals surface area contributed by atoms with Gasteiger partial charge < -0.3 is 4.79 Å². The first-order valence-corrected chi connectivity index (χ1v) is 13.8. The lowest BCUT2D eigenvalue weighted by Gasteiger charge is -2.01. The van der Waals surface area contributed by atoms with Gasteiger partial charge in [0.25, 0.3) is 10.1 Å². The predicted octanol–water partition coefficient (Wildman–Crippen LogP) is 10.3. The highest BCUT2D eigenvalue weighted by molar-refractivity contribution is 7.85. The molecule has 0 saturated carbocycles. The quantitative estimate of drug-likeness (QED) is 0.154. The molecule has 4 nitrogen and oxygen atoms in total. The standard InChI is InChI=1S/C13H10F2.C7H7F.C6H5FO3S.C6H5F.CH2O.3CH4/c14-12-5-1-10(2-6-12)9-11-3-7-13(15)8-4-11;1-6-2-4-7(8)5-3-6;7-5-1-3-6(4-2-5)11(8,9)10;7-6-4-2-1-3-5-6;1-2;;;/h1-8H,9H2;2-5H,1H3;1-4H,(H,8,9,10);1-5H;1H2;3*1H4. The average molecular weight is 665 g/mol. The normalized spacial score (nSPS) is 9.11. The van der Waals surface area contributed by atoms with Crippen molar-refractivity contribution in [3.63, 3.8) is 0 Å². The molecule has 0 fully saturated rings. The number of benzene rings is 5. The van der Waals surface area contributed by atoms with Gasteiger partial charge in [-0.05, 0) is 97.3 Å². The van der Waals surface area contributed by atoms with Crippen LogP contribution in [0, 0.1) is 36.0 Å². The topological polar surface area (TPSA) is 71.4 Å². The van der Waals surface area contributed by atoms with Gasteiger partial charge in [-0.25, -0.2) is 22.0 Å². The van der Waals surface area contributed by atoms with Crippen LogP contribution in [0.15, 0.2) is 132 Å². The van der Waals surface area contributed by atoms with Crippen molar-refractivity contribution in [1.82, 2.24) is 0 Å². The average Bonchev–Trinajstić information content (AvgIpc) is 2.99. The molecule has 0 spiro atoms. The number of carbonyl (C=O) groups excluding carboxylic acids is 1. The van der Waals surface area contributed by atoms with Crippen LogP contribution < -0.4 is 0 Å². The monoisotopic (exact) mass is 664 g/mol. The smallest absolute Gasteiger partial charge is 0.294 e. The Hall–Kier alpha value is -4.67. The van der Waals surface area contributed by atoms with Gasteiger partial charge in [0.05, 0.1) is 4.90 Å². The summed E-state index contributed by atoms with van der Waals surface area (Å²) in [5.41, 5.74) is 3.12. The zero-order valence-electron chi connectivity index (χ0n) is 23.0. The summed E-state index contributed by atoms with van der Waals surface area (Å²) in [6.45, 7) is 3.93. The van der Waals surface area contributed by atoms with Crippen LogP contribution in [0.1, 0.15) is 39.0 Å². The Kier molecular flexibility index (Phi) is 24.5. The first-order chi connectivity index (χ1) is 20.4. The maximum atomic E-state index is 12.6. The zero-order chi connectivity index (χ0) is 32.3. The van der Waals surface area contributed by atoms with Gasteiger partial charge in [0, 0.05) is 0 Å². The molecular weight excluding hydrogens is 623 g/mol.